The molecule has 0 amide bonds. The van der Waals surface area contributed by atoms with Crippen molar-refractivity contribution in [2.45, 2.75) is 51.0 Å². The third-order valence-corrected chi connectivity index (χ3v) is 5.51. The van der Waals surface area contributed by atoms with Gasteiger partial charge in [0.15, 0.2) is 0 Å². The van der Waals surface area contributed by atoms with Gasteiger partial charge in [-0.2, -0.15) is 5.10 Å². The predicted molar refractivity (Wildman–Crippen MR) is 70.1 cm³/mol. The second-order valence-corrected chi connectivity index (χ2v) is 7.03. The fourth-order valence-corrected chi connectivity index (χ4v) is 5.34. The maximum atomic E-state index is 11.5. The van der Waals surface area contributed by atoms with Gasteiger partial charge in [0.05, 0.1) is 11.2 Å². The number of hydrogen-bond acceptors (Lipinski definition) is 2. The van der Waals surface area contributed by atoms with E-state index in [4.69, 9.17) is 0 Å². The molecule has 0 unspecified atom stereocenters. The van der Waals surface area contributed by atoms with Gasteiger partial charge in [-0.15, -0.1) is 0 Å². The van der Waals surface area contributed by atoms with E-state index in [1.165, 1.54) is 19.3 Å². The number of aryl methyl sites for hydroxylation is 1. The molecule has 1 aromatic rings. The van der Waals surface area contributed by atoms with Gasteiger partial charge in [-0.1, -0.05) is 0 Å². The lowest BCUT2D eigenvalue weighted by molar-refractivity contribution is -0.0509. The Morgan fingerprint density at radius 1 is 1.26 bits per heavy atom. The summed E-state index contributed by atoms with van der Waals surface area (Å²) in [7, 11) is 0. The smallest absolute Gasteiger partial charge is 0.354 e. The van der Waals surface area contributed by atoms with Crippen LogP contribution in [0.4, 0.5) is 0 Å². The maximum Gasteiger partial charge on any atom is 0.354 e. The molecule has 4 fully saturated rings. The van der Waals surface area contributed by atoms with Crippen molar-refractivity contribution in [3.05, 3.63) is 17.5 Å². The highest BCUT2D eigenvalue weighted by atomic mass is 16.4. The van der Waals surface area contributed by atoms with Crippen molar-refractivity contribution >= 4 is 5.97 Å². The first-order chi connectivity index (χ1) is 9.06. The monoisotopic (exact) mass is 260 g/mol. The molecule has 1 aromatic heterocycles. The van der Waals surface area contributed by atoms with Crippen molar-refractivity contribution in [3.63, 3.8) is 0 Å². The van der Waals surface area contributed by atoms with Gasteiger partial charge in [-0.25, -0.2) is 4.79 Å². The highest BCUT2D eigenvalue weighted by Gasteiger charge is 2.53. The molecule has 4 bridgehead atoms. The molecule has 1 heterocycles. The number of rotatable bonds is 2. The zero-order chi connectivity index (χ0) is 13.2. The van der Waals surface area contributed by atoms with Gasteiger partial charge in [-0.05, 0) is 69.3 Å². The van der Waals surface area contributed by atoms with Crippen LogP contribution in [0.15, 0.2) is 6.07 Å². The average molecular weight is 260 g/mol. The standard InChI is InChI=1S/C15H20N2O2/c1-9-2-13(14(18)19)17(16-9)15-6-10-3-11(7-15)5-12(4-10)8-15/h2,10-12H,3-8H2,1H3,(H,18,19). The van der Waals surface area contributed by atoms with E-state index in [0.717, 1.165) is 42.7 Å². The van der Waals surface area contributed by atoms with E-state index < -0.39 is 5.97 Å². The van der Waals surface area contributed by atoms with Crippen LogP contribution in [0.5, 0.6) is 0 Å². The molecule has 4 saturated carbocycles. The van der Waals surface area contributed by atoms with Gasteiger partial charge in [0, 0.05) is 0 Å². The number of carbonyl (C=O) groups is 1. The summed E-state index contributed by atoms with van der Waals surface area (Å²) in [5.41, 5.74) is 1.23. The minimum atomic E-state index is -0.837. The quantitative estimate of drug-likeness (QED) is 0.889. The topological polar surface area (TPSA) is 55.1 Å². The Morgan fingerprint density at radius 2 is 1.79 bits per heavy atom. The molecular weight excluding hydrogens is 240 g/mol. The zero-order valence-electron chi connectivity index (χ0n) is 11.3. The van der Waals surface area contributed by atoms with Gasteiger partial charge < -0.3 is 5.11 Å². The van der Waals surface area contributed by atoms with Crippen LogP contribution in [0.2, 0.25) is 0 Å². The first kappa shape index (κ1) is 11.5. The summed E-state index contributed by atoms with van der Waals surface area (Å²) in [5.74, 6) is 1.57. The van der Waals surface area contributed by atoms with E-state index >= 15 is 0 Å². The molecule has 4 aliphatic carbocycles. The van der Waals surface area contributed by atoms with Gasteiger partial charge >= 0.3 is 5.97 Å². The first-order valence-electron chi connectivity index (χ1n) is 7.36. The fraction of sp³-hybridized carbons (Fsp3) is 0.733. The number of carboxylic acids is 1. The average Bonchev–Trinajstić information content (AvgIpc) is 2.70. The van der Waals surface area contributed by atoms with Gasteiger partial charge in [0.2, 0.25) is 0 Å². The van der Waals surface area contributed by atoms with Crippen molar-refractivity contribution in [1.29, 1.82) is 0 Å². The number of nitrogens with zero attached hydrogens (tertiary/aromatic N) is 2. The highest BCUT2D eigenvalue weighted by molar-refractivity contribution is 5.85. The lowest BCUT2D eigenvalue weighted by atomic mass is 9.53. The van der Waals surface area contributed by atoms with Crippen LogP contribution in [0.1, 0.15) is 54.7 Å². The van der Waals surface area contributed by atoms with Gasteiger partial charge in [0.1, 0.15) is 5.69 Å². The Bertz CT molecular complexity index is 511. The van der Waals surface area contributed by atoms with Crippen LogP contribution in [0.3, 0.4) is 0 Å². The molecule has 4 aliphatic rings. The van der Waals surface area contributed by atoms with Crippen LogP contribution < -0.4 is 0 Å². The summed E-state index contributed by atoms with van der Waals surface area (Å²) in [6.45, 7) is 1.89. The molecule has 4 heteroatoms. The third-order valence-electron chi connectivity index (χ3n) is 5.51. The number of aromatic nitrogens is 2. The molecule has 4 nitrogen and oxygen atoms in total. The van der Waals surface area contributed by atoms with Gasteiger partial charge in [0.25, 0.3) is 0 Å². The molecule has 0 aromatic carbocycles. The van der Waals surface area contributed by atoms with Crippen LogP contribution in [0, 0.1) is 24.7 Å². The summed E-state index contributed by atoms with van der Waals surface area (Å²) in [6, 6.07) is 1.72. The Morgan fingerprint density at radius 3 is 2.26 bits per heavy atom. The number of aromatic carboxylic acids is 1. The van der Waals surface area contributed by atoms with Crippen molar-refractivity contribution in [1.82, 2.24) is 9.78 Å². The second kappa shape index (κ2) is 3.62. The predicted octanol–water partition coefficient (Wildman–Crippen LogP) is 2.82. The molecule has 0 radical (unpaired) electrons. The Balaban J connectivity index is 1.81. The highest BCUT2D eigenvalue weighted by Crippen LogP contribution is 2.58. The summed E-state index contributed by atoms with van der Waals surface area (Å²) in [6.07, 6.45) is 7.51. The van der Waals surface area contributed by atoms with Crippen LogP contribution in [-0.2, 0) is 5.54 Å². The Labute approximate surface area is 112 Å². The van der Waals surface area contributed by atoms with Crippen molar-refractivity contribution in [3.8, 4) is 0 Å². The van der Waals surface area contributed by atoms with Crippen molar-refractivity contribution in [2.75, 3.05) is 0 Å². The molecule has 19 heavy (non-hydrogen) atoms. The van der Waals surface area contributed by atoms with E-state index in [0.29, 0.717) is 5.69 Å². The molecule has 0 saturated heterocycles. The zero-order valence-corrected chi connectivity index (χ0v) is 11.3. The molecule has 0 atom stereocenters. The van der Waals surface area contributed by atoms with Crippen molar-refractivity contribution < 1.29 is 9.90 Å². The van der Waals surface area contributed by atoms with Gasteiger partial charge in [-0.3, -0.25) is 4.68 Å². The normalized spacial score (nSPS) is 39.7. The van der Waals surface area contributed by atoms with E-state index in [1.54, 1.807) is 6.07 Å². The minimum absolute atomic E-state index is 0.0106. The van der Waals surface area contributed by atoms with E-state index in [1.807, 2.05) is 11.6 Å². The van der Waals surface area contributed by atoms with Crippen LogP contribution >= 0.6 is 0 Å². The largest absolute Gasteiger partial charge is 0.477 e. The molecule has 0 aliphatic heterocycles. The third kappa shape index (κ3) is 1.58. The van der Waals surface area contributed by atoms with E-state index in [9.17, 15) is 9.90 Å². The maximum absolute atomic E-state index is 11.5. The summed E-state index contributed by atoms with van der Waals surface area (Å²) < 4.78 is 1.88. The number of carboxylic acid groups (broad SMARTS) is 1. The van der Waals surface area contributed by atoms with Crippen LogP contribution in [-0.4, -0.2) is 20.9 Å². The molecule has 5 rings (SSSR count). The first-order valence-corrected chi connectivity index (χ1v) is 7.36. The fourth-order valence-electron chi connectivity index (χ4n) is 5.34. The second-order valence-electron chi connectivity index (χ2n) is 7.03. The van der Waals surface area contributed by atoms with E-state index in [-0.39, 0.29) is 5.54 Å². The summed E-state index contributed by atoms with van der Waals surface area (Å²) in [4.78, 5) is 11.5. The molecule has 1 N–H and O–H groups in total. The minimum Gasteiger partial charge on any atom is -0.477 e. The summed E-state index contributed by atoms with van der Waals surface area (Å²) >= 11 is 0. The van der Waals surface area contributed by atoms with Crippen LogP contribution in [0.25, 0.3) is 0 Å². The Hall–Kier alpha value is -1.32. The molecular formula is C15H20N2O2. The van der Waals surface area contributed by atoms with E-state index in [2.05, 4.69) is 5.10 Å². The molecule has 0 spiro atoms. The van der Waals surface area contributed by atoms with Crippen molar-refractivity contribution in [2.24, 2.45) is 17.8 Å². The Kier molecular flexibility index (Phi) is 2.19. The number of hydrogen-bond donors (Lipinski definition) is 1. The lowest BCUT2D eigenvalue weighted by Gasteiger charge is -2.56. The molecule has 102 valence electrons. The SMILES string of the molecule is Cc1cc(C(=O)O)n(C23CC4CC(CC(C4)C2)C3)n1. The lowest BCUT2D eigenvalue weighted by Crippen LogP contribution is -2.52. The summed E-state index contributed by atoms with van der Waals surface area (Å²) in [5, 5.41) is 14.0.